The van der Waals surface area contributed by atoms with Crippen LogP contribution in [0.15, 0.2) is 18.5 Å². The first kappa shape index (κ1) is 16.3. The minimum atomic E-state index is 0.208. The molecule has 0 saturated carbocycles. The molecule has 0 amide bonds. The molecule has 2 fully saturated rings. The first-order valence-corrected chi connectivity index (χ1v) is 8.83. The maximum atomic E-state index is 5.98. The molecule has 0 unspecified atom stereocenters. The molecule has 8 nitrogen and oxygen atoms in total. The summed E-state index contributed by atoms with van der Waals surface area (Å²) in [6.07, 6.45) is 6.61. The van der Waals surface area contributed by atoms with Crippen LogP contribution in [0, 0.1) is 0 Å². The third kappa shape index (κ3) is 4.08. The largest absolute Gasteiger partial charge is 0.473 e. The van der Waals surface area contributed by atoms with Crippen molar-refractivity contribution in [2.24, 2.45) is 0 Å². The van der Waals surface area contributed by atoms with Gasteiger partial charge in [-0.2, -0.15) is 10.1 Å². The molecule has 2 N–H and O–H groups in total. The SMILES string of the molecule is CN1CCC(Oc2cncc(Nc3cc([C@H]4CCOC4)[nH]n3)n2)CC1. The summed E-state index contributed by atoms with van der Waals surface area (Å²) in [7, 11) is 2.14. The highest BCUT2D eigenvalue weighted by Gasteiger charge is 2.21. The Labute approximate surface area is 146 Å². The predicted octanol–water partition coefficient (Wildman–Crippen LogP) is 1.92. The summed E-state index contributed by atoms with van der Waals surface area (Å²) in [4.78, 5) is 11.0. The number of H-pyrrole nitrogens is 1. The smallest absolute Gasteiger partial charge is 0.234 e. The molecule has 4 heterocycles. The molecule has 2 aromatic rings. The van der Waals surface area contributed by atoms with E-state index in [0.717, 1.165) is 57.1 Å². The van der Waals surface area contributed by atoms with Crippen LogP contribution in [0.1, 0.15) is 30.9 Å². The van der Waals surface area contributed by atoms with Gasteiger partial charge in [0.15, 0.2) is 11.6 Å². The van der Waals surface area contributed by atoms with Gasteiger partial charge in [0.05, 0.1) is 19.0 Å². The second-order valence-corrected chi connectivity index (χ2v) is 6.76. The highest BCUT2D eigenvalue weighted by molar-refractivity contribution is 5.51. The molecule has 0 aromatic carbocycles. The number of nitrogens with one attached hydrogen (secondary N) is 2. The van der Waals surface area contributed by atoms with Crippen LogP contribution in [0.25, 0.3) is 0 Å². The van der Waals surface area contributed by atoms with Crippen molar-refractivity contribution in [1.82, 2.24) is 25.1 Å². The van der Waals surface area contributed by atoms with E-state index in [-0.39, 0.29) is 6.10 Å². The standard InChI is InChI=1S/C17H24N6O2/c1-23-5-2-13(3-6-23)25-17-10-18-9-16(20-17)19-15-8-14(21-22-15)12-4-7-24-11-12/h8-10,12-13H,2-7,11H2,1H3,(H2,19,20,21,22)/t12-/m0/s1. The Morgan fingerprint density at radius 1 is 1.24 bits per heavy atom. The number of hydrogen-bond acceptors (Lipinski definition) is 7. The van der Waals surface area contributed by atoms with Gasteiger partial charge < -0.3 is 19.7 Å². The van der Waals surface area contributed by atoms with Crippen molar-refractivity contribution in [1.29, 1.82) is 0 Å². The van der Waals surface area contributed by atoms with E-state index in [4.69, 9.17) is 9.47 Å². The van der Waals surface area contributed by atoms with Crippen molar-refractivity contribution in [2.75, 3.05) is 38.7 Å². The fraction of sp³-hybridized carbons (Fsp3) is 0.588. The topological polar surface area (TPSA) is 88.2 Å². The molecule has 1 atom stereocenters. The van der Waals surface area contributed by atoms with E-state index in [2.05, 4.69) is 37.4 Å². The van der Waals surface area contributed by atoms with Crippen LogP contribution in [-0.2, 0) is 4.74 Å². The van der Waals surface area contributed by atoms with Crippen LogP contribution < -0.4 is 10.1 Å². The number of aromatic nitrogens is 4. The lowest BCUT2D eigenvalue weighted by molar-refractivity contribution is 0.110. The maximum absolute atomic E-state index is 5.98. The second-order valence-electron chi connectivity index (χ2n) is 6.76. The third-order valence-electron chi connectivity index (χ3n) is 4.79. The summed E-state index contributed by atoms with van der Waals surface area (Å²) < 4.78 is 11.4. The van der Waals surface area contributed by atoms with Gasteiger partial charge in [0, 0.05) is 37.4 Å². The van der Waals surface area contributed by atoms with Crippen LogP contribution in [0.3, 0.4) is 0 Å². The molecule has 134 valence electrons. The Kier molecular flexibility index (Phi) is 4.80. The first-order chi connectivity index (χ1) is 12.3. The number of rotatable bonds is 5. The van der Waals surface area contributed by atoms with Gasteiger partial charge in [-0.15, -0.1) is 0 Å². The molecule has 4 rings (SSSR count). The minimum absolute atomic E-state index is 0.208. The molecule has 8 heteroatoms. The number of aromatic amines is 1. The second kappa shape index (κ2) is 7.37. The lowest BCUT2D eigenvalue weighted by Crippen LogP contribution is -2.35. The fourth-order valence-corrected chi connectivity index (χ4v) is 3.26. The minimum Gasteiger partial charge on any atom is -0.473 e. The Bertz CT molecular complexity index is 692. The van der Waals surface area contributed by atoms with Gasteiger partial charge in [0.25, 0.3) is 0 Å². The van der Waals surface area contributed by atoms with Crippen molar-refractivity contribution >= 4 is 11.6 Å². The molecule has 2 aliphatic rings. The van der Waals surface area contributed by atoms with Crippen LogP contribution in [0.4, 0.5) is 11.6 Å². The molecular formula is C17H24N6O2. The van der Waals surface area contributed by atoms with Gasteiger partial charge in [-0.1, -0.05) is 0 Å². The Hall–Kier alpha value is -2.19. The Morgan fingerprint density at radius 3 is 2.92 bits per heavy atom. The fourth-order valence-electron chi connectivity index (χ4n) is 3.26. The molecular weight excluding hydrogens is 320 g/mol. The monoisotopic (exact) mass is 344 g/mol. The third-order valence-corrected chi connectivity index (χ3v) is 4.79. The Morgan fingerprint density at radius 2 is 2.12 bits per heavy atom. The van der Waals surface area contributed by atoms with Crippen molar-refractivity contribution < 1.29 is 9.47 Å². The summed E-state index contributed by atoms with van der Waals surface area (Å²) in [6, 6.07) is 2.01. The van der Waals surface area contributed by atoms with Crippen LogP contribution in [-0.4, -0.2) is 64.5 Å². The molecule has 2 aliphatic heterocycles. The molecule has 0 radical (unpaired) electrons. The van der Waals surface area contributed by atoms with E-state index in [9.17, 15) is 0 Å². The number of nitrogens with zero attached hydrogens (tertiary/aromatic N) is 4. The highest BCUT2D eigenvalue weighted by Crippen LogP contribution is 2.26. The van der Waals surface area contributed by atoms with Crippen LogP contribution >= 0.6 is 0 Å². The molecule has 2 aromatic heterocycles. The van der Waals surface area contributed by atoms with E-state index < -0.39 is 0 Å². The highest BCUT2D eigenvalue weighted by atomic mass is 16.5. The first-order valence-electron chi connectivity index (χ1n) is 8.83. The van der Waals surface area contributed by atoms with E-state index in [1.807, 2.05) is 6.07 Å². The Balaban J connectivity index is 1.38. The van der Waals surface area contributed by atoms with Gasteiger partial charge in [0.2, 0.25) is 5.88 Å². The molecule has 25 heavy (non-hydrogen) atoms. The zero-order chi connectivity index (χ0) is 17.1. The number of likely N-dealkylation sites (tertiary alicyclic amines) is 1. The predicted molar refractivity (Wildman–Crippen MR) is 93.2 cm³/mol. The normalized spacial score (nSPS) is 22.2. The van der Waals surface area contributed by atoms with Crippen molar-refractivity contribution in [3.63, 3.8) is 0 Å². The van der Waals surface area contributed by atoms with Gasteiger partial charge in [-0.05, 0) is 26.3 Å². The molecule has 0 spiro atoms. The van der Waals surface area contributed by atoms with Gasteiger partial charge in [-0.3, -0.25) is 10.1 Å². The summed E-state index contributed by atoms with van der Waals surface area (Å²) in [5.74, 6) is 2.31. The summed E-state index contributed by atoms with van der Waals surface area (Å²) in [6.45, 7) is 3.67. The van der Waals surface area contributed by atoms with Crippen molar-refractivity contribution in [3.8, 4) is 5.88 Å². The lowest BCUT2D eigenvalue weighted by atomic mass is 10.1. The number of anilines is 2. The van der Waals surface area contributed by atoms with E-state index >= 15 is 0 Å². The average Bonchev–Trinajstić information content (AvgIpc) is 3.29. The van der Waals surface area contributed by atoms with Crippen LogP contribution in [0.5, 0.6) is 5.88 Å². The van der Waals surface area contributed by atoms with Crippen molar-refractivity contribution in [2.45, 2.75) is 31.3 Å². The van der Waals surface area contributed by atoms with Crippen molar-refractivity contribution in [3.05, 3.63) is 24.2 Å². The van der Waals surface area contributed by atoms with Gasteiger partial charge in [-0.25, -0.2) is 0 Å². The summed E-state index contributed by atoms with van der Waals surface area (Å²) in [5, 5.41) is 10.6. The summed E-state index contributed by atoms with van der Waals surface area (Å²) >= 11 is 0. The summed E-state index contributed by atoms with van der Waals surface area (Å²) in [5.41, 5.74) is 1.09. The van der Waals surface area contributed by atoms with E-state index in [1.165, 1.54) is 0 Å². The van der Waals surface area contributed by atoms with Gasteiger partial charge in [0.1, 0.15) is 6.10 Å². The van der Waals surface area contributed by atoms with E-state index in [0.29, 0.717) is 17.6 Å². The van der Waals surface area contributed by atoms with Gasteiger partial charge >= 0.3 is 0 Å². The van der Waals surface area contributed by atoms with Crippen LogP contribution in [0.2, 0.25) is 0 Å². The average molecular weight is 344 g/mol. The number of hydrogen-bond donors (Lipinski definition) is 2. The number of ether oxygens (including phenoxy) is 2. The molecule has 0 aliphatic carbocycles. The molecule has 0 bridgehead atoms. The molecule has 2 saturated heterocycles. The number of piperidine rings is 1. The zero-order valence-corrected chi connectivity index (χ0v) is 14.4. The zero-order valence-electron chi connectivity index (χ0n) is 14.4. The maximum Gasteiger partial charge on any atom is 0.234 e. The quantitative estimate of drug-likeness (QED) is 0.856. The lowest BCUT2D eigenvalue weighted by Gasteiger charge is -2.28. The van der Waals surface area contributed by atoms with E-state index in [1.54, 1.807) is 12.4 Å².